The largest absolute Gasteiger partial charge is 0.459 e. The lowest BCUT2D eigenvalue weighted by Crippen LogP contribution is -2.22. The zero-order valence-corrected chi connectivity index (χ0v) is 15.9. The molecular weight excluding hydrogens is 378 g/mol. The second kappa shape index (κ2) is 7.77. The van der Waals surface area contributed by atoms with Crippen LogP contribution in [0.1, 0.15) is 17.9 Å². The van der Waals surface area contributed by atoms with Crippen molar-refractivity contribution in [1.82, 2.24) is 14.5 Å². The molecule has 0 aliphatic carbocycles. The van der Waals surface area contributed by atoms with Crippen molar-refractivity contribution >= 4 is 27.5 Å². The first-order valence-electron chi connectivity index (χ1n) is 8.72. The second-order valence-corrected chi connectivity index (χ2v) is 7.08. The third-order valence-electron chi connectivity index (χ3n) is 4.29. The van der Waals surface area contributed by atoms with Crippen LogP contribution in [0, 0.1) is 6.92 Å². The lowest BCUT2D eigenvalue weighted by molar-refractivity contribution is -0.145. The third-order valence-corrected chi connectivity index (χ3v) is 5.11. The number of fused-ring (bicyclic) bond motifs is 1. The van der Waals surface area contributed by atoms with Crippen LogP contribution in [0.15, 0.2) is 57.3 Å². The molecule has 0 aliphatic heterocycles. The first-order valence-corrected chi connectivity index (χ1v) is 9.60. The molecule has 1 aromatic carbocycles. The van der Waals surface area contributed by atoms with Gasteiger partial charge in [-0.3, -0.25) is 14.2 Å². The number of hydrogen-bond acceptors (Lipinski definition) is 7. The molecule has 0 saturated carbocycles. The summed E-state index contributed by atoms with van der Waals surface area (Å²) in [6.07, 6.45) is 1.53. The van der Waals surface area contributed by atoms with Gasteiger partial charge in [0.25, 0.3) is 5.56 Å². The maximum atomic E-state index is 12.3. The summed E-state index contributed by atoms with van der Waals surface area (Å²) in [5, 5.41) is 2.38. The number of ether oxygens (including phenoxy) is 1. The molecule has 0 radical (unpaired) electrons. The van der Waals surface area contributed by atoms with Crippen molar-refractivity contribution in [3.63, 3.8) is 0 Å². The van der Waals surface area contributed by atoms with Crippen LogP contribution in [-0.2, 0) is 22.7 Å². The molecule has 0 saturated heterocycles. The van der Waals surface area contributed by atoms with E-state index in [2.05, 4.69) is 9.97 Å². The molecule has 7 nitrogen and oxygen atoms in total. The van der Waals surface area contributed by atoms with Crippen molar-refractivity contribution in [2.45, 2.75) is 26.5 Å². The van der Waals surface area contributed by atoms with Gasteiger partial charge in [-0.25, -0.2) is 9.97 Å². The Kier molecular flexibility index (Phi) is 5.03. The Hall–Kier alpha value is -3.26. The van der Waals surface area contributed by atoms with Crippen molar-refractivity contribution < 1.29 is 13.9 Å². The van der Waals surface area contributed by atoms with E-state index in [-0.39, 0.29) is 25.1 Å². The molecule has 0 atom stereocenters. The Morgan fingerprint density at radius 1 is 1.25 bits per heavy atom. The molecule has 0 aliphatic rings. The average Bonchev–Trinajstić information content (AvgIpc) is 3.33. The summed E-state index contributed by atoms with van der Waals surface area (Å²) >= 11 is 1.41. The maximum Gasteiger partial charge on any atom is 0.307 e. The van der Waals surface area contributed by atoms with E-state index in [9.17, 15) is 9.59 Å². The maximum absolute atomic E-state index is 12.3. The van der Waals surface area contributed by atoms with E-state index in [1.807, 2.05) is 35.7 Å². The van der Waals surface area contributed by atoms with Crippen LogP contribution in [0.2, 0.25) is 0 Å². The number of carbonyl (C=O) groups is 1. The van der Waals surface area contributed by atoms with Crippen LogP contribution < -0.4 is 5.56 Å². The fourth-order valence-corrected chi connectivity index (χ4v) is 3.47. The van der Waals surface area contributed by atoms with Crippen molar-refractivity contribution in [3.05, 3.63) is 69.9 Å². The minimum absolute atomic E-state index is 0.0255. The number of thiophene rings is 1. The predicted molar refractivity (Wildman–Crippen MR) is 105 cm³/mol. The van der Waals surface area contributed by atoms with Crippen molar-refractivity contribution in [2.24, 2.45) is 0 Å². The van der Waals surface area contributed by atoms with Gasteiger partial charge in [-0.05, 0) is 30.5 Å². The van der Waals surface area contributed by atoms with Gasteiger partial charge in [-0.15, -0.1) is 11.3 Å². The van der Waals surface area contributed by atoms with E-state index >= 15 is 0 Å². The normalized spacial score (nSPS) is 11.0. The van der Waals surface area contributed by atoms with E-state index in [1.54, 1.807) is 13.0 Å². The van der Waals surface area contributed by atoms with Gasteiger partial charge in [0, 0.05) is 12.1 Å². The lowest BCUT2D eigenvalue weighted by Gasteiger charge is -2.05. The number of carbonyl (C=O) groups excluding carboxylic acids is 1. The molecule has 3 heterocycles. The lowest BCUT2D eigenvalue weighted by atomic mass is 10.2. The van der Waals surface area contributed by atoms with Gasteiger partial charge in [-0.2, -0.15) is 0 Å². The van der Waals surface area contributed by atoms with Gasteiger partial charge in [0.1, 0.15) is 22.9 Å². The Bertz CT molecular complexity index is 1180. The molecule has 0 bridgehead atoms. The summed E-state index contributed by atoms with van der Waals surface area (Å²) in [6.45, 7) is 2.02. The molecule has 0 unspecified atom stereocenters. The Morgan fingerprint density at radius 3 is 2.89 bits per heavy atom. The number of rotatable bonds is 6. The van der Waals surface area contributed by atoms with Crippen LogP contribution in [0.25, 0.3) is 21.7 Å². The minimum atomic E-state index is -0.416. The monoisotopic (exact) mass is 395 g/mol. The van der Waals surface area contributed by atoms with Gasteiger partial charge in [0.05, 0.1) is 18.1 Å². The smallest absolute Gasteiger partial charge is 0.307 e. The summed E-state index contributed by atoms with van der Waals surface area (Å²) in [4.78, 5) is 33.7. The average molecular weight is 395 g/mol. The fourth-order valence-electron chi connectivity index (χ4n) is 2.75. The molecule has 3 aromatic heterocycles. The Balaban J connectivity index is 1.36. The van der Waals surface area contributed by atoms with Crippen LogP contribution in [0.4, 0.5) is 0 Å². The summed E-state index contributed by atoms with van der Waals surface area (Å²) < 4.78 is 12.4. The topological polar surface area (TPSA) is 87.2 Å². The van der Waals surface area contributed by atoms with Gasteiger partial charge in [-0.1, -0.05) is 18.2 Å². The van der Waals surface area contributed by atoms with Crippen LogP contribution in [-0.4, -0.2) is 20.5 Å². The molecule has 4 rings (SSSR count). The Morgan fingerprint density at radius 2 is 2.07 bits per heavy atom. The van der Waals surface area contributed by atoms with Gasteiger partial charge < -0.3 is 9.15 Å². The SMILES string of the molecule is Cc1oc(-c2ccccc2)nc1COC(=O)CCn1cnc2sccc2c1=O. The molecular formula is C20H17N3O4S. The van der Waals surface area contributed by atoms with Crippen LogP contribution >= 0.6 is 11.3 Å². The predicted octanol–water partition coefficient (Wildman–Crippen LogP) is 3.55. The van der Waals surface area contributed by atoms with E-state index in [1.165, 1.54) is 22.2 Å². The van der Waals surface area contributed by atoms with Gasteiger partial charge in [0.15, 0.2) is 0 Å². The third kappa shape index (κ3) is 3.72. The summed E-state index contributed by atoms with van der Waals surface area (Å²) in [5.74, 6) is 0.682. The number of hydrogen-bond donors (Lipinski definition) is 0. The molecule has 0 amide bonds. The highest BCUT2D eigenvalue weighted by molar-refractivity contribution is 7.16. The quantitative estimate of drug-likeness (QED) is 0.464. The second-order valence-electron chi connectivity index (χ2n) is 6.18. The van der Waals surface area contributed by atoms with Crippen molar-refractivity contribution in [3.8, 4) is 11.5 Å². The molecule has 8 heteroatoms. The molecule has 0 fully saturated rings. The minimum Gasteiger partial charge on any atom is -0.459 e. The number of nitrogens with zero attached hydrogens (tertiary/aromatic N) is 3. The summed E-state index contributed by atoms with van der Waals surface area (Å²) in [5.41, 5.74) is 1.28. The molecule has 142 valence electrons. The Labute approximate surface area is 164 Å². The van der Waals surface area contributed by atoms with E-state index < -0.39 is 5.97 Å². The number of aryl methyl sites for hydroxylation is 2. The van der Waals surface area contributed by atoms with Crippen molar-refractivity contribution in [1.29, 1.82) is 0 Å². The van der Waals surface area contributed by atoms with Crippen LogP contribution in [0.3, 0.4) is 0 Å². The highest BCUT2D eigenvalue weighted by Gasteiger charge is 2.14. The zero-order chi connectivity index (χ0) is 19.5. The van der Waals surface area contributed by atoms with Crippen LogP contribution in [0.5, 0.6) is 0 Å². The summed E-state index contributed by atoms with van der Waals surface area (Å²) in [7, 11) is 0. The number of benzene rings is 1. The molecule has 4 aromatic rings. The van der Waals surface area contributed by atoms with Gasteiger partial charge >= 0.3 is 5.97 Å². The zero-order valence-electron chi connectivity index (χ0n) is 15.1. The number of oxazole rings is 1. The van der Waals surface area contributed by atoms with E-state index in [4.69, 9.17) is 9.15 Å². The first kappa shape index (κ1) is 18.1. The highest BCUT2D eigenvalue weighted by atomic mass is 32.1. The first-order chi connectivity index (χ1) is 13.6. The van der Waals surface area contributed by atoms with Crippen molar-refractivity contribution in [2.75, 3.05) is 0 Å². The number of esters is 1. The molecule has 0 spiro atoms. The fraction of sp³-hybridized carbons (Fsp3) is 0.200. The standard InChI is InChI=1S/C20H17N3O4S/c1-13-16(22-18(27-13)14-5-3-2-4-6-14)11-26-17(24)7-9-23-12-21-19-15(20(23)25)8-10-28-19/h2-6,8,10,12H,7,9,11H2,1H3. The molecule has 28 heavy (non-hydrogen) atoms. The van der Waals surface area contributed by atoms with Gasteiger partial charge in [0.2, 0.25) is 5.89 Å². The molecule has 0 N–H and O–H groups in total. The van der Waals surface area contributed by atoms with E-state index in [0.717, 1.165) is 5.56 Å². The number of aromatic nitrogens is 3. The highest BCUT2D eigenvalue weighted by Crippen LogP contribution is 2.21. The summed E-state index contributed by atoms with van der Waals surface area (Å²) in [6, 6.07) is 11.3. The van der Waals surface area contributed by atoms with E-state index in [0.29, 0.717) is 27.6 Å².